The molecule has 0 radical (unpaired) electrons. The number of hydrogen-bond donors (Lipinski definition) is 1. The fourth-order valence-electron chi connectivity index (χ4n) is 4.90. The van der Waals surface area contributed by atoms with Crippen molar-refractivity contribution < 1.29 is 18.0 Å². The van der Waals surface area contributed by atoms with Crippen LogP contribution in [0.4, 0.5) is 5.69 Å². The quantitative estimate of drug-likeness (QED) is 0.187. The third-order valence-electron chi connectivity index (χ3n) is 7.20. The van der Waals surface area contributed by atoms with Gasteiger partial charge in [-0.25, -0.2) is 8.42 Å². The summed E-state index contributed by atoms with van der Waals surface area (Å²) in [5.74, 6) is -0.905. The van der Waals surface area contributed by atoms with E-state index in [0.717, 1.165) is 15.4 Å². The van der Waals surface area contributed by atoms with Crippen LogP contribution in [-0.4, -0.2) is 44.3 Å². The van der Waals surface area contributed by atoms with E-state index < -0.39 is 28.5 Å². The zero-order valence-corrected chi connectivity index (χ0v) is 27.2. The van der Waals surface area contributed by atoms with E-state index in [1.54, 1.807) is 56.3 Å². The second-order valence-electron chi connectivity index (χ2n) is 10.5. The van der Waals surface area contributed by atoms with Gasteiger partial charge < -0.3 is 10.2 Å². The molecule has 0 unspecified atom stereocenters. The maximum Gasteiger partial charge on any atom is 0.264 e. The van der Waals surface area contributed by atoms with Gasteiger partial charge >= 0.3 is 0 Å². The molecule has 10 heteroatoms. The molecule has 0 aliphatic heterocycles. The Morgan fingerprint density at radius 3 is 2.11 bits per heavy atom. The van der Waals surface area contributed by atoms with Crippen molar-refractivity contribution in [2.45, 2.75) is 44.7 Å². The first-order valence-electron chi connectivity index (χ1n) is 14.2. The van der Waals surface area contributed by atoms with Gasteiger partial charge in [0, 0.05) is 19.5 Å². The molecule has 230 valence electrons. The van der Waals surface area contributed by atoms with Crippen molar-refractivity contribution in [2.24, 2.45) is 0 Å². The molecule has 0 saturated carbocycles. The molecule has 1 N–H and O–H groups in total. The molecule has 0 aliphatic carbocycles. The second kappa shape index (κ2) is 14.8. The van der Waals surface area contributed by atoms with Gasteiger partial charge in [-0.1, -0.05) is 89.9 Å². The number of carbonyl (C=O) groups is 2. The molecule has 44 heavy (non-hydrogen) atoms. The topological polar surface area (TPSA) is 86.8 Å². The average Bonchev–Trinajstić information content (AvgIpc) is 3.01. The molecule has 7 nitrogen and oxygen atoms in total. The van der Waals surface area contributed by atoms with E-state index in [1.165, 1.54) is 17.0 Å². The summed E-state index contributed by atoms with van der Waals surface area (Å²) in [6, 6.07) is 26.9. The van der Waals surface area contributed by atoms with E-state index in [4.69, 9.17) is 23.2 Å². The summed E-state index contributed by atoms with van der Waals surface area (Å²) in [7, 11) is -4.18. The number of nitrogens with one attached hydrogen (secondary N) is 1. The van der Waals surface area contributed by atoms with Crippen LogP contribution in [0.3, 0.4) is 0 Å². The molecule has 0 aliphatic rings. The van der Waals surface area contributed by atoms with Gasteiger partial charge in [0.15, 0.2) is 0 Å². The van der Waals surface area contributed by atoms with E-state index in [-0.39, 0.29) is 23.8 Å². The van der Waals surface area contributed by atoms with Crippen molar-refractivity contribution in [1.82, 2.24) is 10.2 Å². The predicted octanol–water partition coefficient (Wildman–Crippen LogP) is 6.58. The smallest absolute Gasteiger partial charge is 0.264 e. The summed E-state index contributed by atoms with van der Waals surface area (Å²) in [5, 5.41) is 3.51. The Bertz CT molecular complexity index is 1720. The first kappa shape index (κ1) is 33.1. The van der Waals surface area contributed by atoms with E-state index in [1.807, 2.05) is 49.4 Å². The number of likely N-dealkylation sites (N-methyl/N-ethyl adjacent to an activating group) is 1. The fourth-order valence-corrected chi connectivity index (χ4v) is 6.71. The van der Waals surface area contributed by atoms with Crippen LogP contribution in [0.2, 0.25) is 10.0 Å². The SMILES string of the molecule is CCNC(=O)[C@@H](Cc1ccccc1)N(Cc1ccc(Cl)c(Cl)c1)C(=O)CN(c1cc(C)ccc1C)S(=O)(=O)c1ccccc1. The van der Waals surface area contributed by atoms with Crippen LogP contribution in [0, 0.1) is 13.8 Å². The van der Waals surface area contributed by atoms with Gasteiger partial charge in [-0.2, -0.15) is 0 Å². The van der Waals surface area contributed by atoms with Crippen LogP contribution in [0.15, 0.2) is 102 Å². The largest absolute Gasteiger partial charge is 0.355 e. The molecule has 4 rings (SSSR count). The molecule has 0 spiro atoms. The molecule has 4 aromatic rings. The molecule has 0 aromatic heterocycles. The highest BCUT2D eigenvalue weighted by atomic mass is 35.5. The van der Waals surface area contributed by atoms with E-state index >= 15 is 0 Å². The van der Waals surface area contributed by atoms with Crippen molar-refractivity contribution >= 4 is 50.7 Å². The summed E-state index contributed by atoms with van der Waals surface area (Å²) in [4.78, 5) is 29.5. The molecular formula is C34H35Cl2N3O4S. The van der Waals surface area contributed by atoms with E-state index in [0.29, 0.717) is 33.4 Å². The summed E-state index contributed by atoms with van der Waals surface area (Å²) in [6.45, 7) is 5.28. The van der Waals surface area contributed by atoms with E-state index in [9.17, 15) is 18.0 Å². The zero-order chi connectivity index (χ0) is 31.9. The van der Waals surface area contributed by atoms with Gasteiger partial charge in [0.05, 0.1) is 20.6 Å². The Labute approximate surface area is 269 Å². The number of nitrogens with zero attached hydrogens (tertiary/aromatic N) is 2. The molecule has 2 amide bonds. The number of aryl methyl sites for hydroxylation is 2. The van der Waals surface area contributed by atoms with Crippen LogP contribution in [-0.2, 0) is 32.6 Å². The lowest BCUT2D eigenvalue weighted by Gasteiger charge is -2.34. The normalized spacial score (nSPS) is 11.9. The minimum atomic E-state index is -4.18. The number of rotatable bonds is 12. The summed E-state index contributed by atoms with van der Waals surface area (Å²) >= 11 is 12.5. The highest BCUT2D eigenvalue weighted by Gasteiger charge is 2.35. The van der Waals surface area contributed by atoms with Crippen LogP contribution in [0.25, 0.3) is 0 Å². The highest BCUT2D eigenvalue weighted by molar-refractivity contribution is 7.92. The van der Waals surface area contributed by atoms with Gasteiger partial charge in [-0.15, -0.1) is 0 Å². The van der Waals surface area contributed by atoms with Gasteiger partial charge in [-0.05, 0) is 73.4 Å². The Balaban J connectivity index is 1.83. The third kappa shape index (κ3) is 8.00. The van der Waals surface area contributed by atoms with Crippen molar-refractivity contribution in [3.8, 4) is 0 Å². The second-order valence-corrected chi connectivity index (χ2v) is 13.2. The lowest BCUT2D eigenvalue weighted by Crippen LogP contribution is -2.53. The number of benzene rings is 4. The number of anilines is 1. The first-order chi connectivity index (χ1) is 21.0. The third-order valence-corrected chi connectivity index (χ3v) is 9.72. The molecule has 0 bridgehead atoms. The van der Waals surface area contributed by atoms with Crippen LogP contribution < -0.4 is 9.62 Å². The maximum atomic E-state index is 14.5. The van der Waals surface area contributed by atoms with Gasteiger partial charge in [0.1, 0.15) is 12.6 Å². The number of sulfonamides is 1. The lowest BCUT2D eigenvalue weighted by atomic mass is 10.0. The number of carbonyl (C=O) groups excluding carboxylic acids is 2. The average molecular weight is 653 g/mol. The maximum absolute atomic E-state index is 14.5. The minimum Gasteiger partial charge on any atom is -0.355 e. The van der Waals surface area contributed by atoms with Crippen molar-refractivity contribution in [2.75, 3.05) is 17.4 Å². The summed E-state index contributed by atoms with van der Waals surface area (Å²) in [6.07, 6.45) is 0.217. The number of halogens is 2. The highest BCUT2D eigenvalue weighted by Crippen LogP contribution is 2.29. The van der Waals surface area contributed by atoms with E-state index in [2.05, 4.69) is 5.32 Å². The van der Waals surface area contributed by atoms with Gasteiger partial charge in [-0.3, -0.25) is 13.9 Å². The van der Waals surface area contributed by atoms with Crippen LogP contribution >= 0.6 is 23.2 Å². The first-order valence-corrected chi connectivity index (χ1v) is 16.4. The molecule has 0 heterocycles. The van der Waals surface area contributed by atoms with Crippen molar-refractivity contribution in [3.63, 3.8) is 0 Å². The monoisotopic (exact) mass is 651 g/mol. The molecular weight excluding hydrogens is 617 g/mol. The molecule has 1 atom stereocenters. The van der Waals surface area contributed by atoms with Gasteiger partial charge in [0.25, 0.3) is 10.0 Å². The van der Waals surface area contributed by atoms with Gasteiger partial charge in [0.2, 0.25) is 11.8 Å². The lowest BCUT2D eigenvalue weighted by molar-refractivity contribution is -0.140. The molecule has 0 saturated heterocycles. The molecule has 4 aromatic carbocycles. The van der Waals surface area contributed by atoms with Crippen molar-refractivity contribution in [1.29, 1.82) is 0 Å². The summed E-state index contributed by atoms with van der Waals surface area (Å²) in [5.41, 5.74) is 3.39. The van der Waals surface area contributed by atoms with Crippen LogP contribution in [0.5, 0.6) is 0 Å². The van der Waals surface area contributed by atoms with Crippen molar-refractivity contribution in [3.05, 3.63) is 129 Å². The Kier molecular flexibility index (Phi) is 11.1. The predicted molar refractivity (Wildman–Crippen MR) is 177 cm³/mol. The Morgan fingerprint density at radius 1 is 0.818 bits per heavy atom. The summed E-state index contributed by atoms with van der Waals surface area (Å²) < 4.78 is 29.4. The standard InChI is InChI=1S/C34H35Cl2N3O4S/c1-4-37-34(41)32(21-26-11-7-5-8-12-26)38(22-27-17-18-29(35)30(36)20-27)33(40)23-39(31-19-24(2)15-16-25(31)3)44(42,43)28-13-9-6-10-14-28/h5-20,32H,4,21-23H2,1-3H3,(H,37,41)/t32-/m1/s1. The zero-order valence-electron chi connectivity index (χ0n) is 24.8. The fraction of sp³-hybridized carbons (Fsp3) is 0.235. The number of hydrogen-bond acceptors (Lipinski definition) is 4. The van der Waals surface area contributed by atoms with Crippen LogP contribution in [0.1, 0.15) is 29.2 Å². The minimum absolute atomic E-state index is 0.00359. The Hall–Kier alpha value is -3.85. The Morgan fingerprint density at radius 2 is 1.48 bits per heavy atom. The molecule has 0 fully saturated rings. The number of amides is 2.